The summed E-state index contributed by atoms with van der Waals surface area (Å²) in [5, 5.41) is 9.79. The molecule has 1 aromatic heterocycles. The maximum absolute atomic E-state index is 11.3. The van der Waals surface area contributed by atoms with E-state index in [9.17, 15) is 13.2 Å². The average molecular weight is 270 g/mol. The van der Waals surface area contributed by atoms with Crippen LogP contribution in [0.15, 0.2) is 24.3 Å². The second-order valence-electron chi connectivity index (χ2n) is 3.78. The molecule has 1 aromatic carbocycles. The third kappa shape index (κ3) is 2.48. The summed E-state index contributed by atoms with van der Waals surface area (Å²) in [6.45, 7) is 0. The van der Waals surface area contributed by atoms with Gasteiger partial charge in [-0.05, 0) is 11.5 Å². The van der Waals surface area contributed by atoms with Crippen molar-refractivity contribution in [3.05, 3.63) is 34.7 Å². The third-order valence-electron chi connectivity index (χ3n) is 2.30. The van der Waals surface area contributed by atoms with Crippen LogP contribution in [0.4, 0.5) is 0 Å². The zero-order valence-electron chi connectivity index (χ0n) is 9.00. The molecule has 6 heteroatoms. The third-order valence-corrected chi connectivity index (χ3v) is 4.31. The predicted octanol–water partition coefficient (Wildman–Crippen LogP) is 2.14. The normalized spacial score (nSPS) is 11.8. The number of carbonyl (C=O) groups is 1. The number of hydrogen-bond acceptors (Lipinski definition) is 4. The molecule has 1 heterocycles. The Kier molecular flexibility index (Phi) is 2.92. The molecule has 0 aliphatic rings. The van der Waals surface area contributed by atoms with Crippen molar-refractivity contribution in [2.75, 3.05) is 6.26 Å². The van der Waals surface area contributed by atoms with Crippen LogP contribution in [0.2, 0.25) is 0 Å². The van der Waals surface area contributed by atoms with E-state index in [-0.39, 0.29) is 10.6 Å². The van der Waals surface area contributed by atoms with E-state index in [2.05, 4.69) is 0 Å². The van der Waals surface area contributed by atoms with Crippen LogP contribution in [0.1, 0.15) is 15.2 Å². The van der Waals surface area contributed by atoms with E-state index in [1.807, 2.05) is 0 Å². The van der Waals surface area contributed by atoms with Gasteiger partial charge in [0.15, 0.2) is 9.84 Å². The second-order valence-corrected chi connectivity index (χ2v) is 6.97. The van der Waals surface area contributed by atoms with Crippen LogP contribution in [-0.4, -0.2) is 25.7 Å². The standard InChI is InChI=1S/C11H10O4S2/c1-17(14,15)6-8-7-4-2-3-5-9(7)16-10(8)11(12)13/h2-5H,6H2,1H3,(H,12,13). The molecule has 0 unspecified atom stereocenters. The maximum Gasteiger partial charge on any atom is 0.346 e. The fraction of sp³-hybridized carbons (Fsp3) is 0.182. The summed E-state index contributed by atoms with van der Waals surface area (Å²) in [6, 6.07) is 7.11. The smallest absolute Gasteiger partial charge is 0.346 e. The maximum atomic E-state index is 11.3. The van der Waals surface area contributed by atoms with Crippen molar-refractivity contribution < 1.29 is 18.3 Å². The molecule has 0 aliphatic carbocycles. The molecule has 2 rings (SSSR count). The summed E-state index contributed by atoms with van der Waals surface area (Å²) < 4.78 is 23.5. The van der Waals surface area contributed by atoms with Crippen LogP contribution in [0.25, 0.3) is 10.1 Å². The first-order valence-corrected chi connectivity index (χ1v) is 7.67. The van der Waals surface area contributed by atoms with E-state index in [1.165, 1.54) is 0 Å². The first-order valence-electron chi connectivity index (χ1n) is 4.80. The summed E-state index contributed by atoms with van der Waals surface area (Å²) in [5.74, 6) is -1.32. The molecule has 0 saturated carbocycles. The minimum absolute atomic E-state index is 0.108. The zero-order chi connectivity index (χ0) is 12.6. The van der Waals surface area contributed by atoms with Crippen molar-refractivity contribution in [3.63, 3.8) is 0 Å². The van der Waals surface area contributed by atoms with Gasteiger partial charge in [0.25, 0.3) is 0 Å². The quantitative estimate of drug-likeness (QED) is 0.927. The van der Waals surface area contributed by atoms with Crippen molar-refractivity contribution in [2.45, 2.75) is 5.75 Å². The molecular weight excluding hydrogens is 260 g/mol. The molecule has 1 N–H and O–H groups in total. The van der Waals surface area contributed by atoms with Gasteiger partial charge in [0.2, 0.25) is 0 Å². The average Bonchev–Trinajstić information content (AvgIpc) is 2.55. The zero-order valence-corrected chi connectivity index (χ0v) is 10.6. The van der Waals surface area contributed by atoms with Crippen LogP contribution in [0.5, 0.6) is 0 Å². The number of benzene rings is 1. The number of hydrogen-bond donors (Lipinski definition) is 1. The highest BCUT2D eigenvalue weighted by Crippen LogP contribution is 2.32. The number of sulfone groups is 1. The first kappa shape index (κ1) is 12.1. The lowest BCUT2D eigenvalue weighted by Gasteiger charge is -1.99. The molecule has 0 radical (unpaired) electrons. The Morgan fingerprint density at radius 1 is 1.35 bits per heavy atom. The van der Waals surface area contributed by atoms with Gasteiger partial charge in [-0.25, -0.2) is 13.2 Å². The Labute approximate surface area is 102 Å². The minimum atomic E-state index is -3.25. The summed E-state index contributed by atoms with van der Waals surface area (Å²) in [5.41, 5.74) is 0.389. The van der Waals surface area contributed by atoms with Crippen molar-refractivity contribution in [3.8, 4) is 0 Å². The molecule has 2 aromatic rings. The van der Waals surface area contributed by atoms with Gasteiger partial charge < -0.3 is 5.11 Å². The molecule has 0 atom stereocenters. The van der Waals surface area contributed by atoms with Crippen molar-refractivity contribution in [2.24, 2.45) is 0 Å². The van der Waals surface area contributed by atoms with Gasteiger partial charge in [-0.2, -0.15) is 0 Å². The van der Waals surface area contributed by atoms with Gasteiger partial charge in [0, 0.05) is 16.5 Å². The van der Waals surface area contributed by atoms with Crippen LogP contribution in [-0.2, 0) is 15.6 Å². The summed E-state index contributed by atoms with van der Waals surface area (Å²) in [7, 11) is -3.25. The van der Waals surface area contributed by atoms with Gasteiger partial charge in [-0.1, -0.05) is 18.2 Å². The van der Waals surface area contributed by atoms with Gasteiger partial charge in [-0.15, -0.1) is 11.3 Å². The Balaban J connectivity index is 2.72. The highest BCUT2D eigenvalue weighted by atomic mass is 32.2. The van der Waals surface area contributed by atoms with Gasteiger partial charge >= 0.3 is 5.97 Å². The van der Waals surface area contributed by atoms with E-state index in [1.54, 1.807) is 24.3 Å². The van der Waals surface area contributed by atoms with Crippen LogP contribution < -0.4 is 0 Å². The van der Waals surface area contributed by atoms with Gasteiger partial charge in [0.1, 0.15) is 4.88 Å². The Morgan fingerprint density at radius 2 is 2.00 bits per heavy atom. The highest BCUT2D eigenvalue weighted by molar-refractivity contribution is 7.89. The second kappa shape index (κ2) is 4.12. The lowest BCUT2D eigenvalue weighted by atomic mass is 10.1. The molecular formula is C11H10O4S2. The first-order chi connectivity index (χ1) is 7.88. The van der Waals surface area contributed by atoms with Gasteiger partial charge in [0.05, 0.1) is 5.75 Å². The summed E-state index contributed by atoms with van der Waals surface area (Å²) >= 11 is 1.11. The van der Waals surface area contributed by atoms with E-state index in [0.717, 1.165) is 22.3 Å². The van der Waals surface area contributed by atoms with Crippen molar-refractivity contribution >= 4 is 37.2 Å². The topological polar surface area (TPSA) is 71.4 Å². The number of fused-ring (bicyclic) bond motifs is 1. The van der Waals surface area contributed by atoms with Crippen LogP contribution in [0, 0.1) is 0 Å². The predicted molar refractivity (Wildman–Crippen MR) is 67.3 cm³/mol. The Morgan fingerprint density at radius 3 is 2.59 bits per heavy atom. The highest BCUT2D eigenvalue weighted by Gasteiger charge is 2.20. The monoisotopic (exact) mass is 270 g/mol. The van der Waals surface area contributed by atoms with E-state index < -0.39 is 15.8 Å². The number of thiophene rings is 1. The fourth-order valence-electron chi connectivity index (χ4n) is 1.68. The molecule has 0 bridgehead atoms. The minimum Gasteiger partial charge on any atom is -0.477 e. The largest absolute Gasteiger partial charge is 0.477 e. The number of carboxylic acids is 1. The van der Waals surface area contributed by atoms with Crippen LogP contribution in [0.3, 0.4) is 0 Å². The van der Waals surface area contributed by atoms with E-state index in [4.69, 9.17) is 5.11 Å². The van der Waals surface area contributed by atoms with Crippen molar-refractivity contribution in [1.82, 2.24) is 0 Å². The van der Waals surface area contributed by atoms with Gasteiger partial charge in [-0.3, -0.25) is 0 Å². The molecule has 0 aliphatic heterocycles. The molecule has 4 nitrogen and oxygen atoms in total. The van der Waals surface area contributed by atoms with Crippen LogP contribution >= 0.6 is 11.3 Å². The molecule has 0 spiro atoms. The van der Waals surface area contributed by atoms with E-state index in [0.29, 0.717) is 10.9 Å². The molecule has 90 valence electrons. The van der Waals surface area contributed by atoms with E-state index >= 15 is 0 Å². The Bertz CT molecular complexity index is 683. The lowest BCUT2D eigenvalue weighted by molar-refractivity contribution is 0.0701. The lowest BCUT2D eigenvalue weighted by Crippen LogP contribution is -2.05. The van der Waals surface area contributed by atoms with Crippen molar-refractivity contribution in [1.29, 1.82) is 0 Å². The number of aromatic carboxylic acids is 1. The molecule has 17 heavy (non-hydrogen) atoms. The Hall–Kier alpha value is -1.40. The molecule has 0 saturated heterocycles. The summed E-state index contributed by atoms with van der Waals surface area (Å²) in [4.78, 5) is 11.2. The molecule has 0 fully saturated rings. The fourth-order valence-corrected chi connectivity index (χ4v) is 3.65. The molecule has 0 amide bonds. The summed E-state index contributed by atoms with van der Waals surface area (Å²) in [6.07, 6.45) is 1.10. The number of carboxylic acid groups (broad SMARTS) is 1. The number of rotatable bonds is 3. The SMILES string of the molecule is CS(=O)(=O)Cc1c(C(=O)O)sc2ccccc12.